The Hall–Kier alpha value is -2.92. The topological polar surface area (TPSA) is 46.5 Å². The first-order valence-electron chi connectivity index (χ1n) is 11.2. The first-order valence-corrected chi connectivity index (χ1v) is 11.6. The molecule has 2 aromatic carbocycles. The Labute approximate surface area is 194 Å². The van der Waals surface area contributed by atoms with Crippen LogP contribution in [0.5, 0.6) is 5.75 Å². The highest BCUT2D eigenvalue weighted by Gasteiger charge is 2.26. The van der Waals surface area contributed by atoms with Gasteiger partial charge in [0.1, 0.15) is 5.75 Å². The number of carbonyl (C=O) groups excluding carboxylic acids is 1. The first-order chi connectivity index (χ1) is 15.6. The van der Waals surface area contributed by atoms with Crippen LogP contribution in [0.4, 0.5) is 10.5 Å². The summed E-state index contributed by atoms with van der Waals surface area (Å²) in [6.07, 6.45) is 7.69. The Morgan fingerprint density at radius 3 is 2.69 bits per heavy atom. The molecule has 0 radical (unpaired) electrons. The van der Waals surface area contributed by atoms with Crippen LogP contribution in [0.2, 0.25) is 5.02 Å². The number of benzene rings is 2. The number of hydrogen-bond acceptors (Lipinski definition) is 2. The highest BCUT2D eigenvalue weighted by molar-refractivity contribution is 6.31. The van der Waals surface area contributed by atoms with E-state index in [4.69, 9.17) is 16.3 Å². The van der Waals surface area contributed by atoms with Crippen molar-refractivity contribution in [1.29, 1.82) is 0 Å². The maximum atomic E-state index is 13.4. The van der Waals surface area contributed by atoms with Crippen molar-refractivity contribution in [3.05, 3.63) is 83.1 Å². The third-order valence-electron chi connectivity index (χ3n) is 6.15. The van der Waals surface area contributed by atoms with Crippen molar-refractivity contribution in [1.82, 2.24) is 9.47 Å². The van der Waals surface area contributed by atoms with E-state index < -0.39 is 0 Å². The molecule has 32 heavy (non-hydrogen) atoms. The number of amides is 2. The molecule has 1 aliphatic rings. The zero-order valence-corrected chi connectivity index (χ0v) is 19.2. The molecule has 2 amide bonds. The molecule has 1 aromatic heterocycles. The van der Waals surface area contributed by atoms with Gasteiger partial charge in [0.2, 0.25) is 0 Å². The van der Waals surface area contributed by atoms with Gasteiger partial charge in [0, 0.05) is 41.3 Å². The molecule has 0 spiro atoms. The van der Waals surface area contributed by atoms with Crippen LogP contribution in [0.3, 0.4) is 0 Å². The number of anilines is 1. The smallest absolute Gasteiger partial charge is 0.322 e. The van der Waals surface area contributed by atoms with Crippen molar-refractivity contribution in [3.8, 4) is 5.75 Å². The molecular weight excluding hydrogens is 422 g/mol. The molecule has 0 atom stereocenters. The number of halogens is 1. The predicted molar refractivity (Wildman–Crippen MR) is 129 cm³/mol. The largest absolute Gasteiger partial charge is 0.497 e. The maximum Gasteiger partial charge on any atom is 0.322 e. The van der Waals surface area contributed by atoms with E-state index in [1.165, 1.54) is 6.42 Å². The average Bonchev–Trinajstić information content (AvgIpc) is 3.26. The van der Waals surface area contributed by atoms with Crippen LogP contribution in [0.1, 0.15) is 43.4 Å². The molecule has 1 saturated carbocycles. The van der Waals surface area contributed by atoms with Crippen LogP contribution < -0.4 is 10.1 Å². The first kappa shape index (κ1) is 22.3. The minimum absolute atomic E-state index is 0.0735. The SMILES string of the molecule is COc1cccc(NC(=O)N(Cc2cccn2Cc2ccccc2Cl)C2CCCCC2)c1. The molecule has 0 bridgehead atoms. The zero-order chi connectivity index (χ0) is 22.3. The van der Waals surface area contributed by atoms with Crippen LogP contribution >= 0.6 is 11.6 Å². The van der Waals surface area contributed by atoms with Gasteiger partial charge in [0.25, 0.3) is 0 Å². The maximum absolute atomic E-state index is 13.4. The monoisotopic (exact) mass is 451 g/mol. The van der Waals surface area contributed by atoms with Crippen LogP contribution in [-0.4, -0.2) is 28.6 Å². The molecule has 4 rings (SSSR count). The summed E-state index contributed by atoms with van der Waals surface area (Å²) in [6.45, 7) is 1.23. The normalized spacial score (nSPS) is 14.2. The van der Waals surface area contributed by atoms with Gasteiger partial charge in [-0.2, -0.15) is 0 Å². The quantitative estimate of drug-likeness (QED) is 0.441. The lowest BCUT2D eigenvalue weighted by Crippen LogP contribution is -2.43. The van der Waals surface area contributed by atoms with Crippen molar-refractivity contribution < 1.29 is 9.53 Å². The van der Waals surface area contributed by atoms with Gasteiger partial charge in [0.15, 0.2) is 0 Å². The Kier molecular flexibility index (Phi) is 7.38. The second kappa shape index (κ2) is 10.6. The summed E-state index contributed by atoms with van der Waals surface area (Å²) in [5, 5.41) is 3.84. The molecule has 1 fully saturated rings. The second-order valence-electron chi connectivity index (χ2n) is 8.30. The fourth-order valence-corrected chi connectivity index (χ4v) is 4.58. The zero-order valence-electron chi connectivity index (χ0n) is 18.5. The van der Waals surface area contributed by atoms with Crippen LogP contribution in [0.25, 0.3) is 0 Å². The number of aromatic nitrogens is 1. The molecule has 3 aromatic rings. The Morgan fingerprint density at radius 1 is 1.09 bits per heavy atom. The van der Waals surface area contributed by atoms with E-state index >= 15 is 0 Å². The summed E-state index contributed by atoms with van der Waals surface area (Å²) in [5.74, 6) is 0.723. The summed E-state index contributed by atoms with van der Waals surface area (Å²) >= 11 is 6.39. The lowest BCUT2D eigenvalue weighted by molar-refractivity contribution is 0.161. The number of nitrogens with one attached hydrogen (secondary N) is 1. The van der Waals surface area contributed by atoms with Crippen molar-refractivity contribution in [2.75, 3.05) is 12.4 Å². The van der Waals surface area contributed by atoms with E-state index in [2.05, 4.69) is 22.1 Å². The molecule has 6 heteroatoms. The minimum atomic E-state index is -0.0735. The fourth-order valence-electron chi connectivity index (χ4n) is 4.39. The molecule has 0 saturated heterocycles. The Balaban J connectivity index is 1.54. The molecule has 168 valence electrons. The average molecular weight is 452 g/mol. The highest BCUT2D eigenvalue weighted by Crippen LogP contribution is 2.26. The van der Waals surface area contributed by atoms with Gasteiger partial charge in [0.05, 0.1) is 13.7 Å². The van der Waals surface area contributed by atoms with Gasteiger partial charge in [-0.1, -0.05) is 55.1 Å². The number of ether oxygens (including phenoxy) is 1. The summed E-state index contributed by atoms with van der Waals surface area (Å²) in [5.41, 5.74) is 2.90. The molecular formula is C26H30ClN3O2. The highest BCUT2D eigenvalue weighted by atomic mass is 35.5. The van der Waals surface area contributed by atoms with Gasteiger partial charge >= 0.3 is 6.03 Å². The van der Waals surface area contributed by atoms with E-state index in [1.807, 2.05) is 59.5 Å². The van der Waals surface area contributed by atoms with Crippen LogP contribution in [0, 0.1) is 0 Å². The number of carbonyl (C=O) groups is 1. The molecule has 1 heterocycles. The molecule has 0 aliphatic heterocycles. The third kappa shape index (κ3) is 5.46. The summed E-state index contributed by atoms with van der Waals surface area (Å²) in [4.78, 5) is 15.4. The minimum Gasteiger partial charge on any atom is -0.497 e. The van der Waals surface area contributed by atoms with Gasteiger partial charge in [-0.05, 0) is 48.7 Å². The third-order valence-corrected chi connectivity index (χ3v) is 6.52. The van der Waals surface area contributed by atoms with Gasteiger partial charge in [-0.3, -0.25) is 0 Å². The van der Waals surface area contributed by atoms with E-state index in [1.54, 1.807) is 7.11 Å². The number of nitrogens with zero attached hydrogens (tertiary/aromatic N) is 2. The number of rotatable bonds is 7. The fraction of sp³-hybridized carbons (Fsp3) is 0.346. The van der Waals surface area contributed by atoms with Crippen LogP contribution in [-0.2, 0) is 13.1 Å². The van der Waals surface area contributed by atoms with Crippen molar-refractivity contribution in [2.45, 2.75) is 51.2 Å². The van der Waals surface area contributed by atoms with E-state index in [-0.39, 0.29) is 12.1 Å². The number of methoxy groups -OCH3 is 1. The lowest BCUT2D eigenvalue weighted by atomic mass is 9.94. The molecule has 5 nitrogen and oxygen atoms in total. The van der Waals surface area contributed by atoms with Crippen molar-refractivity contribution in [3.63, 3.8) is 0 Å². The molecule has 0 unspecified atom stereocenters. The van der Waals surface area contributed by atoms with E-state index in [0.717, 1.165) is 53.4 Å². The van der Waals surface area contributed by atoms with Crippen molar-refractivity contribution >= 4 is 23.3 Å². The summed E-state index contributed by atoms with van der Waals surface area (Å²) in [6, 6.07) is 19.7. The Bertz CT molecular complexity index is 1040. The Morgan fingerprint density at radius 2 is 1.91 bits per heavy atom. The van der Waals surface area contributed by atoms with E-state index in [9.17, 15) is 4.79 Å². The van der Waals surface area contributed by atoms with Crippen LogP contribution in [0.15, 0.2) is 66.9 Å². The summed E-state index contributed by atoms with van der Waals surface area (Å²) < 4.78 is 7.48. The van der Waals surface area contributed by atoms with Gasteiger partial charge in [-0.25, -0.2) is 4.79 Å². The van der Waals surface area contributed by atoms with Gasteiger partial charge in [-0.15, -0.1) is 0 Å². The van der Waals surface area contributed by atoms with Gasteiger partial charge < -0.3 is 19.5 Å². The summed E-state index contributed by atoms with van der Waals surface area (Å²) in [7, 11) is 1.63. The number of hydrogen-bond donors (Lipinski definition) is 1. The second-order valence-corrected chi connectivity index (χ2v) is 8.71. The molecule has 1 N–H and O–H groups in total. The van der Waals surface area contributed by atoms with E-state index in [0.29, 0.717) is 13.1 Å². The standard InChI is InChI=1S/C26H30ClN3O2/c1-32-24-14-7-10-21(17-24)28-26(31)30(22-11-3-2-4-12-22)19-23-13-8-16-29(23)18-20-9-5-6-15-25(20)27/h5-10,13-17,22H,2-4,11-12,18-19H2,1H3,(H,28,31). The molecule has 1 aliphatic carbocycles. The lowest BCUT2D eigenvalue weighted by Gasteiger charge is -2.34. The van der Waals surface area contributed by atoms with Crippen molar-refractivity contribution in [2.24, 2.45) is 0 Å². The number of urea groups is 1. The predicted octanol–water partition coefficient (Wildman–Crippen LogP) is 6.57.